The summed E-state index contributed by atoms with van der Waals surface area (Å²) in [5, 5.41) is 22.4. The molecule has 0 spiro atoms. The van der Waals surface area contributed by atoms with E-state index in [9.17, 15) is 9.90 Å². The molecule has 2 aromatic carbocycles. The van der Waals surface area contributed by atoms with Gasteiger partial charge in [-0.2, -0.15) is 5.10 Å². The van der Waals surface area contributed by atoms with Crippen molar-refractivity contribution in [3.8, 4) is 5.75 Å². The second-order valence-corrected chi connectivity index (χ2v) is 3.81. The normalized spacial score (nSPS) is 10.5. The summed E-state index contributed by atoms with van der Waals surface area (Å²) in [4.78, 5) is 10.8. The number of carbonyl (C=O) groups is 1. The summed E-state index contributed by atoms with van der Waals surface area (Å²) in [6.45, 7) is 0. The maximum absolute atomic E-state index is 10.8. The molecule has 96 valence electrons. The zero-order valence-corrected chi connectivity index (χ0v) is 9.95. The molecule has 0 fully saturated rings. The van der Waals surface area contributed by atoms with Crippen molar-refractivity contribution in [2.75, 3.05) is 5.43 Å². The van der Waals surface area contributed by atoms with Crippen LogP contribution in [0.3, 0.4) is 0 Å². The van der Waals surface area contributed by atoms with Gasteiger partial charge in [0.05, 0.1) is 17.5 Å². The predicted molar refractivity (Wildman–Crippen MR) is 72.7 cm³/mol. The van der Waals surface area contributed by atoms with Crippen molar-refractivity contribution in [1.29, 1.82) is 0 Å². The molecule has 0 radical (unpaired) electrons. The minimum absolute atomic E-state index is 0.0244. The van der Waals surface area contributed by atoms with Crippen LogP contribution in [0.2, 0.25) is 0 Å². The molecule has 19 heavy (non-hydrogen) atoms. The maximum Gasteiger partial charge on any atom is 0.335 e. The number of para-hydroxylation sites is 1. The number of hydrogen-bond donors (Lipinski definition) is 3. The van der Waals surface area contributed by atoms with Crippen molar-refractivity contribution in [2.24, 2.45) is 5.10 Å². The first-order valence-electron chi connectivity index (χ1n) is 5.57. The van der Waals surface area contributed by atoms with Crippen LogP contribution in [-0.4, -0.2) is 22.4 Å². The van der Waals surface area contributed by atoms with E-state index in [1.165, 1.54) is 24.4 Å². The molecule has 0 aromatic heterocycles. The largest absolute Gasteiger partial charge is 0.507 e. The zero-order valence-electron chi connectivity index (χ0n) is 9.95. The number of anilines is 1. The number of aromatic carboxylic acids is 1. The molecule has 0 unspecified atom stereocenters. The highest BCUT2D eigenvalue weighted by Gasteiger charge is 2.05. The van der Waals surface area contributed by atoms with Crippen LogP contribution < -0.4 is 5.43 Å². The van der Waals surface area contributed by atoms with Crippen LogP contribution >= 0.6 is 0 Å². The second kappa shape index (κ2) is 5.68. The number of carboxylic acids is 1. The van der Waals surface area contributed by atoms with Gasteiger partial charge in [0.2, 0.25) is 0 Å². The number of carboxylic acid groups (broad SMARTS) is 1. The van der Waals surface area contributed by atoms with E-state index in [4.69, 9.17) is 5.11 Å². The van der Waals surface area contributed by atoms with Crippen LogP contribution in [0.25, 0.3) is 0 Å². The molecule has 5 nitrogen and oxygen atoms in total. The van der Waals surface area contributed by atoms with Crippen molar-refractivity contribution in [3.63, 3.8) is 0 Å². The van der Waals surface area contributed by atoms with E-state index >= 15 is 0 Å². The highest BCUT2D eigenvalue weighted by atomic mass is 16.4. The average Bonchev–Trinajstić information content (AvgIpc) is 2.42. The first-order chi connectivity index (χ1) is 9.16. The third kappa shape index (κ3) is 3.32. The molecular weight excluding hydrogens is 244 g/mol. The van der Waals surface area contributed by atoms with Crippen LogP contribution in [0.4, 0.5) is 5.69 Å². The number of phenolic OH excluding ortho intramolecular Hbond substituents is 1. The molecule has 0 saturated heterocycles. The molecule has 5 heteroatoms. The Kier molecular flexibility index (Phi) is 3.78. The minimum Gasteiger partial charge on any atom is -0.507 e. The lowest BCUT2D eigenvalue weighted by Gasteiger charge is -2.01. The SMILES string of the molecule is O=C(O)c1ccc(O)c(C=NNc2ccccc2)c1. The first kappa shape index (κ1) is 12.6. The van der Waals surface area contributed by atoms with Gasteiger partial charge >= 0.3 is 5.97 Å². The van der Waals surface area contributed by atoms with E-state index in [1.54, 1.807) is 0 Å². The van der Waals surface area contributed by atoms with Crippen LogP contribution in [-0.2, 0) is 0 Å². The topological polar surface area (TPSA) is 81.9 Å². The van der Waals surface area contributed by atoms with Gasteiger partial charge in [-0.15, -0.1) is 0 Å². The molecule has 2 aromatic rings. The van der Waals surface area contributed by atoms with E-state index in [0.717, 1.165) is 5.69 Å². The number of rotatable bonds is 4. The lowest BCUT2D eigenvalue weighted by atomic mass is 10.1. The molecule has 3 N–H and O–H groups in total. The van der Waals surface area contributed by atoms with Gasteiger partial charge in [0.15, 0.2) is 0 Å². The zero-order chi connectivity index (χ0) is 13.7. The number of hydrogen-bond acceptors (Lipinski definition) is 4. The lowest BCUT2D eigenvalue weighted by Crippen LogP contribution is -1.98. The number of nitrogens with zero attached hydrogens (tertiary/aromatic N) is 1. The number of hydrazone groups is 1. The van der Waals surface area contributed by atoms with Crippen molar-refractivity contribution >= 4 is 17.9 Å². The quantitative estimate of drug-likeness (QED) is 0.580. The summed E-state index contributed by atoms with van der Waals surface area (Å²) >= 11 is 0. The van der Waals surface area contributed by atoms with Gasteiger partial charge in [0, 0.05) is 5.56 Å². The molecule has 0 amide bonds. The van der Waals surface area contributed by atoms with E-state index in [-0.39, 0.29) is 11.3 Å². The smallest absolute Gasteiger partial charge is 0.335 e. The summed E-state index contributed by atoms with van der Waals surface area (Å²) in [6.07, 6.45) is 1.37. The van der Waals surface area contributed by atoms with Crippen LogP contribution in [0.1, 0.15) is 15.9 Å². The Morgan fingerprint density at radius 1 is 1.16 bits per heavy atom. The fourth-order valence-corrected chi connectivity index (χ4v) is 1.48. The summed E-state index contributed by atoms with van der Waals surface area (Å²) < 4.78 is 0. The highest BCUT2D eigenvalue weighted by molar-refractivity contribution is 5.92. The van der Waals surface area contributed by atoms with E-state index in [1.807, 2.05) is 30.3 Å². The van der Waals surface area contributed by atoms with E-state index < -0.39 is 5.97 Å². The Labute approximate surface area is 109 Å². The van der Waals surface area contributed by atoms with Gasteiger partial charge in [0.25, 0.3) is 0 Å². The Hall–Kier alpha value is -2.82. The summed E-state index contributed by atoms with van der Waals surface area (Å²) in [5.41, 5.74) is 4.01. The Morgan fingerprint density at radius 3 is 2.58 bits per heavy atom. The van der Waals surface area contributed by atoms with Crippen molar-refractivity contribution < 1.29 is 15.0 Å². The molecule has 0 heterocycles. The Balaban J connectivity index is 2.14. The van der Waals surface area contributed by atoms with Gasteiger partial charge in [-0.3, -0.25) is 5.43 Å². The van der Waals surface area contributed by atoms with E-state index in [2.05, 4.69) is 10.5 Å². The molecular formula is C14H12N2O3. The predicted octanol–water partition coefficient (Wildman–Crippen LogP) is 2.54. The molecule has 0 aliphatic carbocycles. The second-order valence-electron chi connectivity index (χ2n) is 3.81. The monoisotopic (exact) mass is 256 g/mol. The number of nitrogens with one attached hydrogen (secondary N) is 1. The summed E-state index contributed by atoms with van der Waals surface area (Å²) in [7, 11) is 0. The molecule has 2 rings (SSSR count). The van der Waals surface area contributed by atoms with Crippen molar-refractivity contribution in [2.45, 2.75) is 0 Å². The van der Waals surface area contributed by atoms with Gasteiger partial charge in [-0.25, -0.2) is 4.79 Å². The number of phenols is 1. The van der Waals surface area contributed by atoms with Gasteiger partial charge in [-0.05, 0) is 30.3 Å². The highest BCUT2D eigenvalue weighted by Crippen LogP contribution is 2.16. The third-order valence-corrected chi connectivity index (χ3v) is 2.45. The molecule has 0 bridgehead atoms. The Bertz CT molecular complexity index is 609. The van der Waals surface area contributed by atoms with Crippen molar-refractivity contribution in [3.05, 3.63) is 59.7 Å². The molecule has 0 saturated carbocycles. The first-order valence-corrected chi connectivity index (χ1v) is 5.57. The fourth-order valence-electron chi connectivity index (χ4n) is 1.48. The Morgan fingerprint density at radius 2 is 1.89 bits per heavy atom. The number of benzene rings is 2. The fraction of sp³-hybridized carbons (Fsp3) is 0. The molecule has 0 atom stereocenters. The number of aromatic hydroxyl groups is 1. The maximum atomic E-state index is 10.8. The van der Waals surface area contributed by atoms with Gasteiger partial charge in [0.1, 0.15) is 5.75 Å². The molecule has 0 aliphatic rings. The van der Waals surface area contributed by atoms with Gasteiger partial charge < -0.3 is 10.2 Å². The van der Waals surface area contributed by atoms with Crippen LogP contribution in [0, 0.1) is 0 Å². The summed E-state index contributed by atoms with van der Waals surface area (Å²) in [6, 6.07) is 13.3. The third-order valence-electron chi connectivity index (χ3n) is 2.45. The van der Waals surface area contributed by atoms with E-state index in [0.29, 0.717) is 5.56 Å². The minimum atomic E-state index is -1.05. The van der Waals surface area contributed by atoms with Crippen molar-refractivity contribution in [1.82, 2.24) is 0 Å². The van der Waals surface area contributed by atoms with Gasteiger partial charge in [-0.1, -0.05) is 18.2 Å². The standard InChI is InChI=1S/C14H12N2O3/c17-13-7-6-10(14(18)19)8-11(13)9-15-16-12-4-2-1-3-5-12/h1-9,16-17H,(H,18,19). The average molecular weight is 256 g/mol. The van der Waals surface area contributed by atoms with Crippen LogP contribution in [0.15, 0.2) is 53.6 Å². The van der Waals surface area contributed by atoms with Crippen LogP contribution in [0.5, 0.6) is 5.75 Å². The lowest BCUT2D eigenvalue weighted by molar-refractivity contribution is 0.0697. The summed E-state index contributed by atoms with van der Waals surface area (Å²) in [5.74, 6) is -1.07. The molecule has 0 aliphatic heterocycles.